The van der Waals surface area contributed by atoms with Crippen LogP contribution in [0.2, 0.25) is 0 Å². The minimum absolute atomic E-state index is 0.609. The van der Waals surface area contributed by atoms with E-state index in [-0.39, 0.29) is 0 Å². The van der Waals surface area contributed by atoms with Gasteiger partial charge in [-0.1, -0.05) is 12.1 Å². The van der Waals surface area contributed by atoms with Gasteiger partial charge in [-0.05, 0) is 12.1 Å². The normalized spacial score (nSPS) is 12.0. The summed E-state index contributed by atoms with van der Waals surface area (Å²) in [5.41, 5.74) is -3.85. The molecular weight excluding hydrogens is 273 g/mol. The Hall–Kier alpha value is -2.29. The minimum Gasteiger partial charge on any atom is -0.478 e. The van der Waals surface area contributed by atoms with Gasteiger partial charge in [0.2, 0.25) is 0 Å². The van der Waals surface area contributed by atoms with Crippen LogP contribution < -0.4 is 4.74 Å². The summed E-state index contributed by atoms with van der Waals surface area (Å²) in [6.45, 7) is 0. The number of aliphatic carboxylic acids is 2. The van der Waals surface area contributed by atoms with Crippen molar-refractivity contribution in [3.05, 3.63) is 29.8 Å². The Morgan fingerprint density at radius 3 is 1.74 bits per heavy atom. The zero-order chi connectivity index (χ0) is 14.8. The van der Waals surface area contributed by atoms with E-state index in [1.807, 2.05) is 0 Å². The van der Waals surface area contributed by atoms with E-state index in [0.717, 1.165) is 0 Å². The SMILES string of the molecule is O=C(O)C(O)(C(=O)O)c1ccc(OC(F)(F)F)cc1. The third-order valence-corrected chi connectivity index (χ3v) is 2.12. The Morgan fingerprint density at radius 1 is 1.00 bits per heavy atom. The van der Waals surface area contributed by atoms with Crippen molar-refractivity contribution < 1.29 is 42.8 Å². The standard InChI is InChI=1S/C10H7F3O6/c11-10(12,13)19-6-3-1-5(2-4-6)9(18,7(14)15)8(16)17/h1-4,18H,(H,14,15)(H,16,17). The Bertz CT molecular complexity index is 479. The lowest BCUT2D eigenvalue weighted by Gasteiger charge is -2.19. The fourth-order valence-electron chi connectivity index (χ4n) is 1.24. The van der Waals surface area contributed by atoms with Crippen LogP contribution in [0.4, 0.5) is 13.2 Å². The fourth-order valence-corrected chi connectivity index (χ4v) is 1.24. The molecule has 0 aliphatic rings. The maximum absolute atomic E-state index is 11.9. The number of ether oxygens (including phenoxy) is 1. The molecule has 0 amide bonds. The summed E-state index contributed by atoms with van der Waals surface area (Å²) in [6, 6.07) is 2.81. The smallest absolute Gasteiger partial charge is 0.478 e. The molecule has 0 radical (unpaired) electrons. The second-order valence-corrected chi connectivity index (χ2v) is 3.39. The molecule has 0 bridgehead atoms. The number of benzene rings is 1. The highest BCUT2D eigenvalue weighted by atomic mass is 19.4. The molecule has 1 rings (SSSR count). The third kappa shape index (κ3) is 3.13. The average molecular weight is 280 g/mol. The second kappa shape index (κ2) is 4.76. The summed E-state index contributed by atoms with van der Waals surface area (Å²) in [5.74, 6) is -4.80. The molecule has 19 heavy (non-hydrogen) atoms. The molecule has 9 heteroatoms. The number of carbonyl (C=O) groups is 2. The van der Waals surface area contributed by atoms with E-state index >= 15 is 0 Å². The quantitative estimate of drug-likeness (QED) is 0.709. The van der Waals surface area contributed by atoms with Crippen LogP contribution in [0.3, 0.4) is 0 Å². The van der Waals surface area contributed by atoms with Crippen molar-refractivity contribution in [3.8, 4) is 5.75 Å². The lowest BCUT2D eigenvalue weighted by molar-refractivity contribution is -0.274. The molecule has 104 valence electrons. The summed E-state index contributed by atoms with van der Waals surface area (Å²) in [7, 11) is 0. The zero-order valence-electron chi connectivity index (χ0n) is 9.01. The summed E-state index contributed by atoms with van der Waals surface area (Å²) >= 11 is 0. The van der Waals surface area contributed by atoms with Crippen LogP contribution in [-0.4, -0.2) is 33.6 Å². The van der Waals surface area contributed by atoms with Gasteiger partial charge in [0.05, 0.1) is 0 Å². The number of alkyl halides is 3. The lowest BCUT2D eigenvalue weighted by Crippen LogP contribution is -2.43. The Balaban J connectivity index is 3.10. The molecule has 1 aromatic carbocycles. The summed E-state index contributed by atoms with van der Waals surface area (Å²) in [6.07, 6.45) is -4.93. The van der Waals surface area contributed by atoms with Crippen LogP contribution >= 0.6 is 0 Å². The molecule has 1 aromatic rings. The van der Waals surface area contributed by atoms with E-state index in [4.69, 9.17) is 10.2 Å². The number of hydrogen-bond donors (Lipinski definition) is 3. The Kier molecular flexibility index (Phi) is 3.70. The second-order valence-electron chi connectivity index (χ2n) is 3.39. The van der Waals surface area contributed by atoms with Crippen molar-refractivity contribution >= 4 is 11.9 Å². The molecular formula is C10H7F3O6. The predicted octanol–water partition coefficient (Wildman–Crippen LogP) is 0.942. The summed E-state index contributed by atoms with van der Waals surface area (Å²) < 4.78 is 39.1. The molecule has 0 unspecified atom stereocenters. The molecule has 0 fully saturated rings. The third-order valence-electron chi connectivity index (χ3n) is 2.12. The number of halogens is 3. The predicted molar refractivity (Wildman–Crippen MR) is 52.3 cm³/mol. The van der Waals surface area contributed by atoms with Crippen LogP contribution in [0.5, 0.6) is 5.75 Å². The zero-order valence-corrected chi connectivity index (χ0v) is 9.01. The van der Waals surface area contributed by atoms with Crippen molar-refractivity contribution in [2.75, 3.05) is 0 Å². The van der Waals surface area contributed by atoms with Crippen LogP contribution in [0.25, 0.3) is 0 Å². The van der Waals surface area contributed by atoms with Gasteiger partial charge in [-0.25, -0.2) is 9.59 Å². The Morgan fingerprint density at radius 2 is 1.42 bits per heavy atom. The van der Waals surface area contributed by atoms with Gasteiger partial charge in [-0.2, -0.15) is 0 Å². The van der Waals surface area contributed by atoms with Crippen molar-refractivity contribution in [2.45, 2.75) is 12.0 Å². The first-order chi connectivity index (χ1) is 8.57. The van der Waals surface area contributed by atoms with Gasteiger partial charge in [0.15, 0.2) is 0 Å². The molecule has 0 heterocycles. The molecule has 0 aliphatic heterocycles. The van der Waals surface area contributed by atoms with Crippen molar-refractivity contribution in [3.63, 3.8) is 0 Å². The van der Waals surface area contributed by atoms with E-state index in [2.05, 4.69) is 4.74 Å². The van der Waals surface area contributed by atoms with Crippen LogP contribution in [0, 0.1) is 0 Å². The van der Waals surface area contributed by atoms with E-state index in [0.29, 0.717) is 24.3 Å². The van der Waals surface area contributed by atoms with E-state index < -0.39 is 35.2 Å². The largest absolute Gasteiger partial charge is 0.573 e. The fraction of sp³-hybridized carbons (Fsp3) is 0.200. The number of carboxylic acid groups (broad SMARTS) is 2. The Labute approximate surface area is 103 Å². The minimum atomic E-state index is -4.93. The van der Waals surface area contributed by atoms with Gasteiger partial charge >= 0.3 is 18.3 Å². The molecule has 6 nitrogen and oxygen atoms in total. The maximum Gasteiger partial charge on any atom is 0.573 e. The first-order valence-electron chi connectivity index (χ1n) is 4.63. The van der Waals surface area contributed by atoms with Crippen molar-refractivity contribution in [1.82, 2.24) is 0 Å². The highest BCUT2D eigenvalue weighted by Gasteiger charge is 2.46. The van der Waals surface area contributed by atoms with E-state index in [1.54, 1.807) is 0 Å². The van der Waals surface area contributed by atoms with Gasteiger partial charge in [-0.15, -0.1) is 13.2 Å². The topological polar surface area (TPSA) is 104 Å². The van der Waals surface area contributed by atoms with Crippen LogP contribution in [0.15, 0.2) is 24.3 Å². The van der Waals surface area contributed by atoms with Gasteiger partial charge in [0.25, 0.3) is 5.60 Å². The average Bonchev–Trinajstić information content (AvgIpc) is 2.26. The van der Waals surface area contributed by atoms with Crippen LogP contribution in [0.1, 0.15) is 5.56 Å². The summed E-state index contributed by atoms with van der Waals surface area (Å²) in [4.78, 5) is 21.5. The van der Waals surface area contributed by atoms with Crippen LogP contribution in [-0.2, 0) is 15.2 Å². The first-order valence-corrected chi connectivity index (χ1v) is 4.63. The first kappa shape index (κ1) is 14.8. The molecule has 0 aliphatic carbocycles. The highest BCUT2D eigenvalue weighted by molar-refractivity contribution is 6.02. The molecule has 3 N–H and O–H groups in total. The van der Waals surface area contributed by atoms with Crippen molar-refractivity contribution in [2.24, 2.45) is 0 Å². The number of hydrogen-bond acceptors (Lipinski definition) is 4. The summed E-state index contributed by atoms with van der Waals surface area (Å²) in [5, 5.41) is 26.8. The molecule has 0 atom stereocenters. The number of aliphatic hydroxyl groups is 1. The van der Waals surface area contributed by atoms with E-state index in [9.17, 15) is 27.9 Å². The monoisotopic (exact) mass is 280 g/mol. The lowest BCUT2D eigenvalue weighted by atomic mass is 9.94. The number of carboxylic acids is 2. The molecule has 0 aromatic heterocycles. The molecule has 0 spiro atoms. The molecule has 0 saturated carbocycles. The van der Waals surface area contributed by atoms with E-state index in [1.165, 1.54) is 0 Å². The van der Waals surface area contributed by atoms with Crippen molar-refractivity contribution in [1.29, 1.82) is 0 Å². The van der Waals surface area contributed by atoms with Gasteiger partial charge < -0.3 is 20.1 Å². The van der Waals surface area contributed by atoms with Gasteiger partial charge in [0.1, 0.15) is 5.75 Å². The maximum atomic E-state index is 11.9. The number of rotatable bonds is 4. The van der Waals surface area contributed by atoms with Gasteiger partial charge in [0, 0.05) is 5.56 Å². The van der Waals surface area contributed by atoms with Gasteiger partial charge in [-0.3, -0.25) is 0 Å². The molecule has 0 saturated heterocycles. The highest BCUT2D eigenvalue weighted by Crippen LogP contribution is 2.27.